The standard InChI is InChI=1S/C16H28N2O/c1-12(2)13-7-8-15(19-6)14(11-13)18(5)10-9-16(3,4)17/h7-8,11-12H,9-10,17H2,1-6H3. The van der Waals surface area contributed by atoms with Gasteiger partial charge in [0.15, 0.2) is 0 Å². The van der Waals surface area contributed by atoms with E-state index in [9.17, 15) is 0 Å². The predicted molar refractivity (Wildman–Crippen MR) is 83.2 cm³/mol. The van der Waals surface area contributed by atoms with Crippen LogP contribution < -0.4 is 15.4 Å². The lowest BCUT2D eigenvalue weighted by Crippen LogP contribution is -2.36. The lowest BCUT2D eigenvalue weighted by atomic mass is 10.0. The first-order valence-electron chi connectivity index (χ1n) is 6.92. The number of nitrogens with zero attached hydrogens (tertiary/aromatic N) is 1. The number of methoxy groups -OCH3 is 1. The van der Waals surface area contributed by atoms with E-state index >= 15 is 0 Å². The molecule has 0 saturated heterocycles. The maximum atomic E-state index is 6.05. The van der Waals surface area contributed by atoms with Crippen molar-refractivity contribution in [2.24, 2.45) is 5.73 Å². The number of hydrogen-bond acceptors (Lipinski definition) is 3. The Morgan fingerprint density at radius 2 is 1.95 bits per heavy atom. The van der Waals surface area contributed by atoms with Gasteiger partial charge in [-0.25, -0.2) is 0 Å². The van der Waals surface area contributed by atoms with Crippen LogP contribution in [0.4, 0.5) is 5.69 Å². The van der Waals surface area contributed by atoms with E-state index in [2.05, 4.69) is 57.8 Å². The summed E-state index contributed by atoms with van der Waals surface area (Å²) in [5, 5.41) is 0. The first-order chi connectivity index (χ1) is 8.74. The second-order valence-electron chi connectivity index (χ2n) is 6.25. The van der Waals surface area contributed by atoms with Gasteiger partial charge in [0.05, 0.1) is 12.8 Å². The summed E-state index contributed by atoms with van der Waals surface area (Å²) in [5.74, 6) is 1.44. The molecule has 0 aliphatic carbocycles. The van der Waals surface area contributed by atoms with Crippen molar-refractivity contribution in [3.05, 3.63) is 23.8 Å². The molecular weight excluding hydrogens is 236 g/mol. The van der Waals surface area contributed by atoms with Crippen molar-refractivity contribution in [3.63, 3.8) is 0 Å². The second kappa shape index (κ2) is 6.29. The van der Waals surface area contributed by atoms with Gasteiger partial charge in [-0.2, -0.15) is 0 Å². The van der Waals surface area contributed by atoms with Crippen LogP contribution in [0.15, 0.2) is 18.2 Å². The highest BCUT2D eigenvalue weighted by Gasteiger charge is 2.15. The Morgan fingerprint density at radius 3 is 2.42 bits per heavy atom. The lowest BCUT2D eigenvalue weighted by Gasteiger charge is -2.27. The molecule has 0 heterocycles. The van der Waals surface area contributed by atoms with Gasteiger partial charge in [0.1, 0.15) is 5.75 Å². The molecule has 0 fully saturated rings. The van der Waals surface area contributed by atoms with Crippen LogP contribution in [0, 0.1) is 0 Å². The van der Waals surface area contributed by atoms with Crippen LogP contribution >= 0.6 is 0 Å². The molecule has 1 aromatic rings. The fourth-order valence-corrected chi connectivity index (χ4v) is 1.94. The Bertz CT molecular complexity index is 408. The largest absolute Gasteiger partial charge is 0.495 e. The first-order valence-corrected chi connectivity index (χ1v) is 6.92. The summed E-state index contributed by atoms with van der Waals surface area (Å²) in [5.41, 5.74) is 8.38. The molecule has 0 radical (unpaired) electrons. The van der Waals surface area contributed by atoms with Gasteiger partial charge in [0.25, 0.3) is 0 Å². The van der Waals surface area contributed by atoms with E-state index in [0.717, 1.165) is 24.4 Å². The number of hydrogen-bond donors (Lipinski definition) is 1. The number of ether oxygens (including phenoxy) is 1. The Morgan fingerprint density at radius 1 is 1.32 bits per heavy atom. The minimum atomic E-state index is -0.142. The molecule has 0 unspecified atom stereocenters. The first kappa shape index (κ1) is 15.8. The van der Waals surface area contributed by atoms with Crippen LogP contribution in [0.1, 0.15) is 45.6 Å². The third kappa shape index (κ3) is 4.75. The molecule has 0 amide bonds. The number of nitrogens with two attached hydrogens (primary N) is 1. The van der Waals surface area contributed by atoms with E-state index in [1.54, 1.807) is 7.11 Å². The molecule has 3 nitrogen and oxygen atoms in total. The lowest BCUT2D eigenvalue weighted by molar-refractivity contribution is 0.413. The average Bonchev–Trinajstić information content (AvgIpc) is 2.34. The average molecular weight is 264 g/mol. The van der Waals surface area contributed by atoms with E-state index in [-0.39, 0.29) is 5.54 Å². The Labute approximate surface area is 117 Å². The fraction of sp³-hybridized carbons (Fsp3) is 0.625. The SMILES string of the molecule is COc1ccc(C(C)C)cc1N(C)CCC(C)(C)N. The second-order valence-corrected chi connectivity index (χ2v) is 6.25. The van der Waals surface area contributed by atoms with Crippen LogP contribution in [-0.4, -0.2) is 26.2 Å². The van der Waals surface area contributed by atoms with Gasteiger partial charge in [-0.15, -0.1) is 0 Å². The normalized spacial score (nSPS) is 11.8. The third-order valence-corrected chi connectivity index (χ3v) is 3.37. The van der Waals surface area contributed by atoms with Crippen LogP contribution in [0.5, 0.6) is 5.75 Å². The predicted octanol–water partition coefficient (Wildman–Crippen LogP) is 3.38. The van der Waals surface area contributed by atoms with Crippen LogP contribution in [0.2, 0.25) is 0 Å². The maximum absolute atomic E-state index is 6.05. The van der Waals surface area contributed by atoms with Gasteiger partial charge in [-0.1, -0.05) is 19.9 Å². The molecule has 0 spiro atoms. The monoisotopic (exact) mass is 264 g/mol. The summed E-state index contributed by atoms with van der Waals surface area (Å²) >= 11 is 0. The molecule has 0 aliphatic rings. The summed E-state index contributed by atoms with van der Waals surface area (Å²) in [6.45, 7) is 9.44. The molecule has 19 heavy (non-hydrogen) atoms. The molecule has 0 saturated carbocycles. The third-order valence-electron chi connectivity index (χ3n) is 3.37. The molecule has 3 heteroatoms. The minimum absolute atomic E-state index is 0.142. The van der Waals surface area contributed by atoms with Crippen molar-refractivity contribution in [2.45, 2.75) is 45.6 Å². The molecule has 0 aromatic heterocycles. The van der Waals surface area contributed by atoms with Gasteiger partial charge in [-0.05, 0) is 43.9 Å². The fourth-order valence-electron chi connectivity index (χ4n) is 1.94. The Balaban J connectivity index is 2.92. The number of anilines is 1. The molecule has 2 N–H and O–H groups in total. The molecule has 0 aliphatic heterocycles. The van der Waals surface area contributed by atoms with Gasteiger partial charge < -0.3 is 15.4 Å². The van der Waals surface area contributed by atoms with E-state index < -0.39 is 0 Å². The van der Waals surface area contributed by atoms with Crippen molar-refractivity contribution in [1.82, 2.24) is 0 Å². The van der Waals surface area contributed by atoms with Crippen LogP contribution in [0.25, 0.3) is 0 Å². The Hall–Kier alpha value is -1.22. The van der Waals surface area contributed by atoms with Crippen molar-refractivity contribution in [1.29, 1.82) is 0 Å². The van der Waals surface area contributed by atoms with Crippen LogP contribution in [-0.2, 0) is 0 Å². The quantitative estimate of drug-likeness (QED) is 0.856. The van der Waals surface area contributed by atoms with Gasteiger partial charge >= 0.3 is 0 Å². The Kier molecular flexibility index (Phi) is 5.24. The van der Waals surface area contributed by atoms with Crippen molar-refractivity contribution < 1.29 is 4.74 Å². The zero-order valence-electron chi connectivity index (χ0n) is 13.2. The van der Waals surface area contributed by atoms with Crippen LogP contribution in [0.3, 0.4) is 0 Å². The highest BCUT2D eigenvalue weighted by Crippen LogP contribution is 2.31. The van der Waals surface area contributed by atoms with E-state index in [1.165, 1.54) is 5.56 Å². The summed E-state index contributed by atoms with van der Waals surface area (Å²) in [4.78, 5) is 2.22. The van der Waals surface area contributed by atoms with Crippen molar-refractivity contribution in [3.8, 4) is 5.75 Å². The van der Waals surface area contributed by atoms with Gasteiger partial charge in [-0.3, -0.25) is 0 Å². The van der Waals surface area contributed by atoms with E-state index in [1.807, 2.05) is 0 Å². The van der Waals surface area contributed by atoms with Crippen molar-refractivity contribution >= 4 is 5.69 Å². The molecule has 1 rings (SSSR count). The maximum Gasteiger partial charge on any atom is 0.142 e. The summed E-state index contributed by atoms with van der Waals surface area (Å²) in [6.07, 6.45) is 0.943. The van der Waals surface area contributed by atoms with Crippen molar-refractivity contribution in [2.75, 3.05) is 25.6 Å². The smallest absolute Gasteiger partial charge is 0.142 e. The van der Waals surface area contributed by atoms with E-state index in [4.69, 9.17) is 10.5 Å². The summed E-state index contributed by atoms with van der Waals surface area (Å²) in [6, 6.07) is 6.40. The highest BCUT2D eigenvalue weighted by molar-refractivity contribution is 5.60. The zero-order valence-corrected chi connectivity index (χ0v) is 13.2. The molecule has 0 atom stereocenters. The zero-order chi connectivity index (χ0) is 14.6. The number of benzene rings is 1. The summed E-state index contributed by atoms with van der Waals surface area (Å²) < 4.78 is 5.46. The van der Waals surface area contributed by atoms with Gasteiger partial charge in [0, 0.05) is 19.1 Å². The molecular formula is C16H28N2O. The highest BCUT2D eigenvalue weighted by atomic mass is 16.5. The van der Waals surface area contributed by atoms with Gasteiger partial charge in [0.2, 0.25) is 0 Å². The molecule has 0 bridgehead atoms. The number of rotatable bonds is 6. The topological polar surface area (TPSA) is 38.5 Å². The molecule has 108 valence electrons. The minimum Gasteiger partial charge on any atom is -0.495 e. The molecule has 1 aromatic carbocycles. The van der Waals surface area contributed by atoms with E-state index in [0.29, 0.717) is 5.92 Å². The summed E-state index contributed by atoms with van der Waals surface area (Å²) in [7, 11) is 3.81.